The van der Waals surface area contributed by atoms with E-state index in [9.17, 15) is 0 Å². The lowest BCUT2D eigenvalue weighted by Crippen LogP contribution is -2.28. The maximum atomic E-state index is 4.38. The number of aromatic nitrogens is 2. The van der Waals surface area contributed by atoms with Gasteiger partial charge in [-0.1, -0.05) is 13.8 Å². The first kappa shape index (κ1) is 11.6. The van der Waals surface area contributed by atoms with Crippen LogP contribution in [0.15, 0.2) is 12.4 Å². The van der Waals surface area contributed by atoms with Crippen LogP contribution in [0.3, 0.4) is 0 Å². The molecule has 1 fully saturated rings. The zero-order chi connectivity index (χ0) is 11.6. The minimum Gasteiger partial charge on any atom is -0.334 e. The van der Waals surface area contributed by atoms with Gasteiger partial charge in [0, 0.05) is 25.0 Å². The molecule has 1 aliphatic carbocycles. The first-order valence-corrected chi connectivity index (χ1v) is 6.34. The van der Waals surface area contributed by atoms with Gasteiger partial charge < -0.3 is 9.88 Å². The van der Waals surface area contributed by atoms with Crippen molar-refractivity contribution in [1.82, 2.24) is 14.9 Å². The largest absolute Gasteiger partial charge is 0.334 e. The van der Waals surface area contributed by atoms with Gasteiger partial charge in [-0.05, 0) is 31.6 Å². The van der Waals surface area contributed by atoms with E-state index in [0.717, 1.165) is 18.9 Å². The van der Waals surface area contributed by atoms with Crippen molar-refractivity contribution in [3.8, 4) is 0 Å². The minimum atomic E-state index is 0.526. The predicted molar refractivity (Wildman–Crippen MR) is 66.2 cm³/mol. The summed E-state index contributed by atoms with van der Waals surface area (Å²) in [5.74, 6) is 1.16. The quantitative estimate of drug-likeness (QED) is 0.847. The Bertz CT molecular complexity index is 341. The highest BCUT2D eigenvalue weighted by Crippen LogP contribution is 2.36. The van der Waals surface area contributed by atoms with Crippen LogP contribution in [0.4, 0.5) is 0 Å². The number of imidazole rings is 1. The topological polar surface area (TPSA) is 29.9 Å². The Labute approximate surface area is 98.3 Å². The van der Waals surface area contributed by atoms with Gasteiger partial charge in [0.15, 0.2) is 0 Å². The summed E-state index contributed by atoms with van der Waals surface area (Å²) in [5.41, 5.74) is 0.526. The molecule has 1 aromatic rings. The van der Waals surface area contributed by atoms with E-state index in [-0.39, 0.29) is 0 Å². The van der Waals surface area contributed by atoms with Crippen molar-refractivity contribution in [2.75, 3.05) is 0 Å². The van der Waals surface area contributed by atoms with Crippen molar-refractivity contribution in [2.24, 2.45) is 5.41 Å². The van der Waals surface area contributed by atoms with Crippen LogP contribution in [0.25, 0.3) is 0 Å². The third-order valence-electron chi connectivity index (χ3n) is 3.66. The molecule has 0 radical (unpaired) electrons. The van der Waals surface area contributed by atoms with Gasteiger partial charge in [-0.3, -0.25) is 0 Å². The zero-order valence-corrected chi connectivity index (χ0v) is 10.7. The smallest absolute Gasteiger partial charge is 0.122 e. The van der Waals surface area contributed by atoms with E-state index in [1.807, 2.05) is 6.20 Å². The van der Waals surface area contributed by atoms with Gasteiger partial charge in [-0.15, -0.1) is 0 Å². The van der Waals surface area contributed by atoms with Gasteiger partial charge in [0.05, 0.1) is 6.54 Å². The van der Waals surface area contributed by atoms with Crippen molar-refractivity contribution in [3.63, 3.8) is 0 Å². The third kappa shape index (κ3) is 2.64. The van der Waals surface area contributed by atoms with Gasteiger partial charge >= 0.3 is 0 Å². The van der Waals surface area contributed by atoms with Gasteiger partial charge in [-0.2, -0.15) is 0 Å². The fraction of sp³-hybridized carbons (Fsp3) is 0.769. The molecule has 0 aromatic carbocycles. The molecule has 2 rings (SSSR count). The molecule has 1 unspecified atom stereocenters. The van der Waals surface area contributed by atoms with Gasteiger partial charge in [0.25, 0.3) is 0 Å². The fourth-order valence-corrected chi connectivity index (χ4v) is 2.64. The highest BCUT2D eigenvalue weighted by atomic mass is 15.1. The molecule has 1 N–H and O–H groups in total. The molecule has 3 heteroatoms. The van der Waals surface area contributed by atoms with E-state index >= 15 is 0 Å². The average Bonchev–Trinajstić information content (AvgIpc) is 2.81. The Morgan fingerprint density at radius 3 is 3.00 bits per heavy atom. The van der Waals surface area contributed by atoms with E-state index in [2.05, 4.69) is 41.8 Å². The summed E-state index contributed by atoms with van der Waals surface area (Å²) in [7, 11) is 0. The van der Waals surface area contributed by atoms with E-state index in [0.29, 0.717) is 11.5 Å². The Kier molecular flexibility index (Phi) is 3.33. The maximum Gasteiger partial charge on any atom is 0.122 e. The van der Waals surface area contributed by atoms with E-state index in [1.54, 1.807) is 0 Å². The number of aryl methyl sites for hydroxylation is 1. The summed E-state index contributed by atoms with van der Waals surface area (Å²) in [6.07, 6.45) is 7.88. The Morgan fingerprint density at radius 2 is 2.38 bits per heavy atom. The van der Waals surface area contributed by atoms with E-state index in [4.69, 9.17) is 0 Å². The maximum absolute atomic E-state index is 4.38. The average molecular weight is 221 g/mol. The van der Waals surface area contributed by atoms with Crippen LogP contribution in [-0.4, -0.2) is 15.6 Å². The van der Waals surface area contributed by atoms with Crippen LogP contribution in [0.2, 0.25) is 0 Å². The normalized spacial score (nSPS) is 23.8. The molecule has 0 saturated heterocycles. The molecule has 16 heavy (non-hydrogen) atoms. The zero-order valence-electron chi connectivity index (χ0n) is 10.7. The Hall–Kier alpha value is -0.830. The van der Waals surface area contributed by atoms with Crippen molar-refractivity contribution in [1.29, 1.82) is 0 Å². The molecule has 0 bridgehead atoms. The molecule has 90 valence electrons. The molecule has 1 aliphatic rings. The predicted octanol–water partition coefficient (Wildman–Crippen LogP) is 2.57. The van der Waals surface area contributed by atoms with Crippen LogP contribution in [-0.2, 0) is 13.1 Å². The lowest BCUT2D eigenvalue weighted by Gasteiger charge is -2.17. The first-order valence-electron chi connectivity index (χ1n) is 6.34. The number of hydrogen-bond acceptors (Lipinski definition) is 2. The molecule has 1 aromatic heterocycles. The SMILES string of the molecule is CCn1ccnc1CNC1CCC(C)(C)C1. The molecule has 3 nitrogen and oxygen atoms in total. The lowest BCUT2D eigenvalue weighted by atomic mass is 9.92. The van der Waals surface area contributed by atoms with E-state index in [1.165, 1.54) is 19.3 Å². The number of nitrogens with one attached hydrogen (secondary N) is 1. The summed E-state index contributed by atoms with van der Waals surface area (Å²) in [6, 6.07) is 0.678. The van der Waals surface area contributed by atoms with Gasteiger partial charge in [0.1, 0.15) is 5.82 Å². The van der Waals surface area contributed by atoms with Crippen LogP contribution in [0.1, 0.15) is 45.9 Å². The third-order valence-corrected chi connectivity index (χ3v) is 3.66. The summed E-state index contributed by atoms with van der Waals surface area (Å²) >= 11 is 0. The second kappa shape index (κ2) is 4.58. The lowest BCUT2D eigenvalue weighted by molar-refractivity contribution is 0.363. The van der Waals surface area contributed by atoms with Crippen molar-refractivity contribution in [2.45, 2.75) is 59.2 Å². The Morgan fingerprint density at radius 1 is 1.56 bits per heavy atom. The molecular weight excluding hydrogens is 198 g/mol. The van der Waals surface area contributed by atoms with E-state index < -0.39 is 0 Å². The molecule has 0 amide bonds. The second-order valence-corrected chi connectivity index (χ2v) is 5.61. The van der Waals surface area contributed by atoms with Crippen LogP contribution in [0, 0.1) is 5.41 Å². The summed E-state index contributed by atoms with van der Waals surface area (Å²) < 4.78 is 2.20. The summed E-state index contributed by atoms with van der Waals surface area (Å²) in [4.78, 5) is 4.38. The summed E-state index contributed by atoms with van der Waals surface area (Å²) in [5, 5.41) is 3.63. The molecule has 1 heterocycles. The fourth-order valence-electron chi connectivity index (χ4n) is 2.64. The minimum absolute atomic E-state index is 0.526. The van der Waals surface area contributed by atoms with Crippen LogP contribution < -0.4 is 5.32 Å². The Balaban J connectivity index is 1.84. The molecular formula is C13H23N3. The van der Waals surface area contributed by atoms with Crippen molar-refractivity contribution < 1.29 is 0 Å². The standard InChI is InChI=1S/C13H23N3/c1-4-16-8-7-14-12(16)10-15-11-5-6-13(2,3)9-11/h7-8,11,15H,4-6,9-10H2,1-3H3. The highest BCUT2D eigenvalue weighted by molar-refractivity contribution is 4.94. The number of nitrogens with zero attached hydrogens (tertiary/aromatic N) is 2. The molecule has 0 aliphatic heterocycles. The number of rotatable bonds is 4. The molecule has 1 saturated carbocycles. The van der Waals surface area contributed by atoms with Crippen LogP contribution >= 0.6 is 0 Å². The monoisotopic (exact) mass is 221 g/mol. The first-order chi connectivity index (χ1) is 7.61. The molecule has 0 spiro atoms. The van der Waals surface area contributed by atoms with Gasteiger partial charge in [0.2, 0.25) is 0 Å². The molecule has 1 atom stereocenters. The second-order valence-electron chi connectivity index (χ2n) is 5.61. The number of hydrogen-bond donors (Lipinski definition) is 1. The van der Waals surface area contributed by atoms with Crippen molar-refractivity contribution >= 4 is 0 Å². The van der Waals surface area contributed by atoms with Gasteiger partial charge in [-0.25, -0.2) is 4.98 Å². The van der Waals surface area contributed by atoms with Crippen molar-refractivity contribution in [3.05, 3.63) is 18.2 Å². The van der Waals surface area contributed by atoms with Crippen LogP contribution in [0.5, 0.6) is 0 Å². The highest BCUT2D eigenvalue weighted by Gasteiger charge is 2.30. The summed E-state index contributed by atoms with van der Waals surface area (Å²) in [6.45, 7) is 8.79.